The Morgan fingerprint density at radius 3 is 2.48 bits per heavy atom. The summed E-state index contributed by atoms with van der Waals surface area (Å²) in [4.78, 5) is 36.3. The van der Waals surface area contributed by atoms with Crippen LogP contribution in [0.25, 0.3) is 0 Å². The summed E-state index contributed by atoms with van der Waals surface area (Å²) in [5.41, 5.74) is 1.00. The van der Waals surface area contributed by atoms with Gasteiger partial charge in [0.25, 0.3) is 0 Å². The van der Waals surface area contributed by atoms with Crippen molar-refractivity contribution in [1.82, 2.24) is 0 Å². The number of carboxylic acid groups (broad SMARTS) is 1. The molecule has 0 spiro atoms. The van der Waals surface area contributed by atoms with Crippen LogP contribution in [0.2, 0.25) is 0 Å². The molecule has 0 aliphatic heterocycles. The molecule has 0 aliphatic carbocycles. The Labute approximate surface area is 162 Å². The van der Waals surface area contributed by atoms with Crippen LogP contribution >= 0.6 is 39.0 Å². The number of thiophene rings is 1. The molecule has 0 saturated carbocycles. The number of rotatable bonds is 8. The number of thioether (sulfide) groups is 1. The standard InChI is InChI=1S/C17H16BrNO4S2/c1-2-12-7-13(16(23)10-3-5-11(18)6-4-10)17(25-12)19-14(20)8-24-9-15(21)22/h3-7H,2,8-9H2,1H3,(H,19,20)(H,21,22). The summed E-state index contributed by atoms with van der Waals surface area (Å²) in [6.07, 6.45) is 0.759. The van der Waals surface area contributed by atoms with Crippen LogP contribution < -0.4 is 5.32 Å². The fraction of sp³-hybridized carbons (Fsp3) is 0.235. The molecule has 0 radical (unpaired) electrons. The molecule has 2 N–H and O–H groups in total. The fourth-order valence-electron chi connectivity index (χ4n) is 2.03. The molecule has 0 atom stereocenters. The summed E-state index contributed by atoms with van der Waals surface area (Å²) < 4.78 is 0.882. The van der Waals surface area contributed by atoms with Gasteiger partial charge >= 0.3 is 5.97 Å². The van der Waals surface area contributed by atoms with E-state index in [1.807, 2.05) is 6.92 Å². The maximum Gasteiger partial charge on any atom is 0.313 e. The van der Waals surface area contributed by atoms with Crippen LogP contribution in [0.1, 0.15) is 27.7 Å². The molecule has 1 amide bonds. The summed E-state index contributed by atoms with van der Waals surface area (Å²) in [6.45, 7) is 1.98. The maximum atomic E-state index is 12.7. The van der Waals surface area contributed by atoms with Crippen molar-refractivity contribution in [1.29, 1.82) is 0 Å². The molecule has 0 saturated heterocycles. The summed E-state index contributed by atoms with van der Waals surface area (Å²) in [6, 6.07) is 8.84. The lowest BCUT2D eigenvalue weighted by atomic mass is 10.1. The SMILES string of the molecule is CCc1cc(C(=O)c2ccc(Br)cc2)c(NC(=O)CSCC(=O)O)s1. The Bertz CT molecular complexity index is 786. The van der Waals surface area contributed by atoms with Crippen molar-refractivity contribution in [2.75, 3.05) is 16.8 Å². The van der Waals surface area contributed by atoms with Crippen molar-refractivity contribution >= 4 is 61.7 Å². The van der Waals surface area contributed by atoms with Gasteiger partial charge in [-0.05, 0) is 36.8 Å². The smallest absolute Gasteiger partial charge is 0.313 e. The van der Waals surface area contributed by atoms with Crippen LogP contribution in [0.5, 0.6) is 0 Å². The Kier molecular flexibility index (Phi) is 7.22. The van der Waals surface area contributed by atoms with E-state index >= 15 is 0 Å². The van der Waals surface area contributed by atoms with Crippen molar-refractivity contribution in [3.05, 3.63) is 50.8 Å². The van der Waals surface area contributed by atoms with E-state index in [1.54, 1.807) is 30.3 Å². The van der Waals surface area contributed by atoms with Gasteiger partial charge in [-0.15, -0.1) is 23.1 Å². The highest BCUT2D eigenvalue weighted by atomic mass is 79.9. The lowest BCUT2D eigenvalue weighted by Crippen LogP contribution is -2.16. The van der Waals surface area contributed by atoms with E-state index in [0.29, 0.717) is 16.1 Å². The Hall–Kier alpha value is -1.64. The molecular weight excluding hydrogens is 426 g/mol. The minimum Gasteiger partial charge on any atom is -0.481 e. The van der Waals surface area contributed by atoms with Crippen molar-refractivity contribution in [3.8, 4) is 0 Å². The first-order chi connectivity index (χ1) is 11.9. The molecule has 2 aromatic rings. The van der Waals surface area contributed by atoms with E-state index in [9.17, 15) is 14.4 Å². The molecule has 0 aliphatic rings. The minimum absolute atomic E-state index is 0.0254. The number of aryl methyl sites for hydroxylation is 1. The number of aliphatic carboxylic acids is 1. The number of carbonyl (C=O) groups is 3. The molecule has 0 bridgehead atoms. The molecule has 1 heterocycles. The Morgan fingerprint density at radius 1 is 1.20 bits per heavy atom. The number of hydrogen-bond donors (Lipinski definition) is 2. The van der Waals surface area contributed by atoms with Gasteiger partial charge in [0, 0.05) is 14.9 Å². The first-order valence-corrected chi connectivity index (χ1v) is 10.2. The number of carbonyl (C=O) groups excluding carboxylic acids is 2. The van der Waals surface area contributed by atoms with Crippen LogP contribution in [0.3, 0.4) is 0 Å². The topological polar surface area (TPSA) is 83.5 Å². The molecule has 0 unspecified atom stereocenters. The molecule has 8 heteroatoms. The van der Waals surface area contributed by atoms with Gasteiger partial charge in [0.05, 0.1) is 17.1 Å². The highest BCUT2D eigenvalue weighted by Crippen LogP contribution is 2.31. The van der Waals surface area contributed by atoms with E-state index in [0.717, 1.165) is 27.5 Å². The van der Waals surface area contributed by atoms with Crippen molar-refractivity contribution in [2.45, 2.75) is 13.3 Å². The lowest BCUT2D eigenvalue weighted by Gasteiger charge is -2.06. The molecule has 0 fully saturated rings. The van der Waals surface area contributed by atoms with Crippen LogP contribution in [0.4, 0.5) is 5.00 Å². The van der Waals surface area contributed by atoms with Crippen molar-refractivity contribution in [2.24, 2.45) is 0 Å². The Morgan fingerprint density at radius 2 is 1.88 bits per heavy atom. The summed E-state index contributed by atoms with van der Waals surface area (Å²) in [5.74, 6) is -1.55. The molecule has 1 aromatic carbocycles. The molecular formula is C17H16BrNO4S2. The van der Waals surface area contributed by atoms with E-state index in [1.165, 1.54) is 11.3 Å². The predicted molar refractivity (Wildman–Crippen MR) is 105 cm³/mol. The summed E-state index contributed by atoms with van der Waals surface area (Å²) in [7, 11) is 0. The third-order valence-electron chi connectivity index (χ3n) is 3.19. The average molecular weight is 442 g/mol. The number of hydrogen-bond acceptors (Lipinski definition) is 5. The third-order valence-corrected chi connectivity index (χ3v) is 5.84. The quantitative estimate of drug-likeness (QED) is 0.603. The van der Waals surface area contributed by atoms with Crippen LogP contribution in [0, 0.1) is 0 Å². The van der Waals surface area contributed by atoms with Gasteiger partial charge in [-0.2, -0.15) is 0 Å². The molecule has 1 aromatic heterocycles. The second-order valence-corrected chi connectivity index (χ2v) is 8.12. The number of anilines is 1. The molecule has 2 rings (SSSR count). The van der Waals surface area contributed by atoms with E-state index in [-0.39, 0.29) is 23.2 Å². The van der Waals surface area contributed by atoms with E-state index < -0.39 is 5.97 Å². The number of amides is 1. The average Bonchev–Trinajstić information content (AvgIpc) is 2.97. The second-order valence-electron chi connectivity index (χ2n) is 5.08. The normalized spacial score (nSPS) is 10.5. The van der Waals surface area contributed by atoms with Crippen LogP contribution in [0.15, 0.2) is 34.8 Å². The minimum atomic E-state index is -0.965. The van der Waals surface area contributed by atoms with Crippen LogP contribution in [-0.4, -0.2) is 34.3 Å². The lowest BCUT2D eigenvalue weighted by molar-refractivity contribution is -0.133. The van der Waals surface area contributed by atoms with Gasteiger partial charge in [0.15, 0.2) is 5.78 Å². The number of benzene rings is 1. The highest BCUT2D eigenvalue weighted by molar-refractivity contribution is 9.10. The van der Waals surface area contributed by atoms with Gasteiger partial charge < -0.3 is 10.4 Å². The molecule has 5 nitrogen and oxygen atoms in total. The van der Waals surface area contributed by atoms with Gasteiger partial charge in [-0.25, -0.2) is 0 Å². The van der Waals surface area contributed by atoms with Crippen molar-refractivity contribution in [3.63, 3.8) is 0 Å². The molecule has 25 heavy (non-hydrogen) atoms. The van der Waals surface area contributed by atoms with Gasteiger partial charge in [-0.3, -0.25) is 14.4 Å². The first-order valence-electron chi connectivity index (χ1n) is 7.43. The zero-order valence-electron chi connectivity index (χ0n) is 13.4. The molecule has 132 valence electrons. The van der Waals surface area contributed by atoms with Crippen LogP contribution in [-0.2, 0) is 16.0 Å². The largest absolute Gasteiger partial charge is 0.481 e. The van der Waals surface area contributed by atoms with Gasteiger partial charge in [-0.1, -0.05) is 22.9 Å². The van der Waals surface area contributed by atoms with Gasteiger partial charge in [0.1, 0.15) is 5.00 Å². The number of nitrogens with one attached hydrogen (secondary N) is 1. The fourth-order valence-corrected chi connectivity index (χ4v) is 3.84. The number of ketones is 1. The second kappa shape index (κ2) is 9.17. The summed E-state index contributed by atoms with van der Waals surface area (Å²) in [5, 5.41) is 11.9. The predicted octanol–water partition coefficient (Wildman–Crippen LogP) is 4.06. The number of carboxylic acids is 1. The third kappa shape index (κ3) is 5.69. The Balaban J connectivity index is 2.16. The zero-order valence-corrected chi connectivity index (χ0v) is 16.6. The zero-order chi connectivity index (χ0) is 18.4. The summed E-state index contributed by atoms with van der Waals surface area (Å²) >= 11 is 5.72. The maximum absolute atomic E-state index is 12.7. The monoisotopic (exact) mass is 441 g/mol. The number of halogens is 1. The van der Waals surface area contributed by atoms with Gasteiger partial charge in [0.2, 0.25) is 5.91 Å². The van der Waals surface area contributed by atoms with Crippen molar-refractivity contribution < 1.29 is 19.5 Å². The highest BCUT2D eigenvalue weighted by Gasteiger charge is 2.19. The van der Waals surface area contributed by atoms with E-state index in [2.05, 4.69) is 21.2 Å². The first kappa shape index (κ1) is 19.7. The van der Waals surface area contributed by atoms with E-state index in [4.69, 9.17) is 5.11 Å².